The van der Waals surface area contributed by atoms with Crippen LogP contribution in [0.3, 0.4) is 0 Å². The summed E-state index contributed by atoms with van der Waals surface area (Å²) in [6.07, 6.45) is 4.51. The fourth-order valence-electron chi connectivity index (χ4n) is 1.94. The number of aliphatic carboxylic acids is 1. The lowest BCUT2D eigenvalue weighted by molar-refractivity contribution is -0.152. The van der Waals surface area contributed by atoms with Crippen LogP contribution >= 0.6 is 12.4 Å². The predicted molar refractivity (Wildman–Crippen MR) is 59.5 cm³/mol. The molecule has 2 heterocycles. The Morgan fingerprint density at radius 2 is 2.44 bits per heavy atom. The van der Waals surface area contributed by atoms with Crippen LogP contribution in [-0.2, 0) is 16.6 Å². The number of carboxylic acids is 1. The molecule has 1 aromatic rings. The molecule has 0 bridgehead atoms. The van der Waals surface area contributed by atoms with Gasteiger partial charge in [-0.2, -0.15) is 0 Å². The van der Waals surface area contributed by atoms with Gasteiger partial charge in [0.1, 0.15) is 11.9 Å². The third-order valence-corrected chi connectivity index (χ3v) is 2.75. The van der Waals surface area contributed by atoms with E-state index in [1.54, 1.807) is 12.4 Å². The highest BCUT2D eigenvalue weighted by atomic mass is 35.5. The SMILES string of the molecule is Cl.Cn1ccnc1[C@@H]1OCCC[C@H]1C(=O)O. The monoisotopic (exact) mass is 246 g/mol. The third-order valence-electron chi connectivity index (χ3n) is 2.75. The van der Waals surface area contributed by atoms with Crippen molar-refractivity contribution in [2.24, 2.45) is 13.0 Å². The largest absolute Gasteiger partial charge is 0.481 e. The van der Waals surface area contributed by atoms with E-state index in [0.29, 0.717) is 18.9 Å². The zero-order valence-electron chi connectivity index (χ0n) is 9.00. The van der Waals surface area contributed by atoms with E-state index in [2.05, 4.69) is 4.98 Å². The summed E-state index contributed by atoms with van der Waals surface area (Å²) in [6.45, 7) is 0.612. The Hall–Kier alpha value is -1.07. The summed E-state index contributed by atoms with van der Waals surface area (Å²) in [6, 6.07) is 0. The molecule has 1 saturated heterocycles. The summed E-state index contributed by atoms with van der Waals surface area (Å²) < 4.78 is 7.32. The molecule has 1 aliphatic heterocycles. The first kappa shape index (κ1) is 13.0. The van der Waals surface area contributed by atoms with E-state index in [0.717, 1.165) is 6.42 Å². The second-order valence-corrected chi connectivity index (χ2v) is 3.77. The average molecular weight is 247 g/mol. The number of nitrogens with zero attached hydrogens (tertiary/aromatic N) is 2. The summed E-state index contributed by atoms with van der Waals surface area (Å²) in [4.78, 5) is 15.2. The van der Waals surface area contributed by atoms with Crippen LogP contribution in [0.15, 0.2) is 12.4 Å². The Bertz CT molecular complexity index is 367. The van der Waals surface area contributed by atoms with Crippen LogP contribution < -0.4 is 0 Å². The third kappa shape index (κ3) is 2.36. The molecule has 0 aliphatic carbocycles. The highest BCUT2D eigenvalue weighted by Gasteiger charge is 2.35. The second-order valence-electron chi connectivity index (χ2n) is 3.77. The van der Waals surface area contributed by atoms with E-state index in [9.17, 15) is 4.79 Å². The molecule has 0 radical (unpaired) electrons. The van der Waals surface area contributed by atoms with E-state index in [4.69, 9.17) is 9.84 Å². The molecule has 0 unspecified atom stereocenters. The van der Waals surface area contributed by atoms with E-state index < -0.39 is 18.0 Å². The molecule has 0 amide bonds. The molecule has 2 atom stereocenters. The minimum absolute atomic E-state index is 0. The molecule has 1 N–H and O–H groups in total. The Labute approximate surface area is 99.8 Å². The van der Waals surface area contributed by atoms with E-state index in [-0.39, 0.29) is 12.4 Å². The van der Waals surface area contributed by atoms with E-state index in [1.165, 1.54) is 0 Å². The fraction of sp³-hybridized carbons (Fsp3) is 0.600. The molecular weight excluding hydrogens is 232 g/mol. The predicted octanol–water partition coefficient (Wildman–Crippen LogP) is 1.39. The molecule has 0 aromatic carbocycles. The van der Waals surface area contributed by atoms with Crippen molar-refractivity contribution in [3.8, 4) is 0 Å². The molecule has 6 heteroatoms. The van der Waals surface area contributed by atoms with Gasteiger partial charge in [0.05, 0.1) is 5.92 Å². The molecule has 0 spiro atoms. The molecule has 1 fully saturated rings. The lowest BCUT2D eigenvalue weighted by atomic mass is 9.94. The minimum Gasteiger partial charge on any atom is -0.481 e. The maximum atomic E-state index is 11.1. The molecule has 16 heavy (non-hydrogen) atoms. The Kier molecular flexibility index (Phi) is 4.32. The molecule has 0 saturated carbocycles. The lowest BCUT2D eigenvalue weighted by Crippen LogP contribution is -2.30. The van der Waals surface area contributed by atoms with Crippen LogP contribution in [0.5, 0.6) is 0 Å². The van der Waals surface area contributed by atoms with Crippen molar-refractivity contribution in [3.05, 3.63) is 18.2 Å². The molecule has 90 valence electrons. The van der Waals surface area contributed by atoms with Gasteiger partial charge < -0.3 is 14.4 Å². The van der Waals surface area contributed by atoms with Crippen LogP contribution in [-0.4, -0.2) is 27.2 Å². The average Bonchev–Trinajstić information content (AvgIpc) is 2.64. The number of imidazole rings is 1. The number of carbonyl (C=O) groups is 1. The first-order valence-corrected chi connectivity index (χ1v) is 5.02. The van der Waals surface area contributed by atoms with Gasteiger partial charge in [-0.25, -0.2) is 4.98 Å². The quantitative estimate of drug-likeness (QED) is 0.857. The number of hydrogen-bond donors (Lipinski definition) is 1. The van der Waals surface area contributed by atoms with Gasteiger partial charge in [0.25, 0.3) is 0 Å². The van der Waals surface area contributed by atoms with Gasteiger partial charge in [-0.3, -0.25) is 4.79 Å². The van der Waals surface area contributed by atoms with Crippen LogP contribution in [0.4, 0.5) is 0 Å². The van der Waals surface area contributed by atoms with Crippen LogP contribution in [0.25, 0.3) is 0 Å². The maximum absolute atomic E-state index is 11.1. The normalized spacial score (nSPS) is 24.8. The van der Waals surface area contributed by atoms with Gasteiger partial charge in [-0.1, -0.05) is 0 Å². The van der Waals surface area contributed by atoms with Gasteiger partial charge in [0.2, 0.25) is 0 Å². The molecular formula is C10H15ClN2O3. The van der Waals surface area contributed by atoms with Gasteiger partial charge in [-0.15, -0.1) is 12.4 Å². The number of halogens is 1. The number of rotatable bonds is 2. The standard InChI is InChI=1S/C10H14N2O3.ClH/c1-12-5-4-11-9(12)8-7(10(13)14)3-2-6-15-8;/h4-5,7-8H,2-3,6H2,1H3,(H,13,14);1H/t7-,8-;/m1./s1. The maximum Gasteiger partial charge on any atom is 0.309 e. The van der Waals surface area contributed by atoms with Crippen LogP contribution in [0.2, 0.25) is 0 Å². The number of aryl methyl sites for hydroxylation is 1. The van der Waals surface area contributed by atoms with Gasteiger partial charge in [-0.05, 0) is 12.8 Å². The minimum atomic E-state index is -0.803. The highest BCUT2D eigenvalue weighted by molar-refractivity contribution is 5.85. The molecule has 1 aromatic heterocycles. The molecule has 1 aliphatic rings. The Morgan fingerprint density at radius 3 is 3.00 bits per heavy atom. The van der Waals surface area contributed by atoms with E-state index >= 15 is 0 Å². The Balaban J connectivity index is 0.00000128. The number of hydrogen-bond acceptors (Lipinski definition) is 3. The summed E-state index contributed by atoms with van der Waals surface area (Å²) in [7, 11) is 1.85. The van der Waals surface area contributed by atoms with Crippen molar-refractivity contribution < 1.29 is 14.6 Å². The summed E-state index contributed by atoms with van der Waals surface area (Å²) in [5.74, 6) is -0.579. The first-order chi connectivity index (χ1) is 7.20. The van der Waals surface area contributed by atoms with E-state index in [1.807, 2.05) is 11.6 Å². The van der Waals surface area contributed by atoms with Crippen molar-refractivity contribution in [2.75, 3.05) is 6.61 Å². The number of ether oxygens (including phenoxy) is 1. The topological polar surface area (TPSA) is 64.4 Å². The van der Waals surface area contributed by atoms with Crippen molar-refractivity contribution in [1.29, 1.82) is 0 Å². The summed E-state index contributed by atoms with van der Waals surface area (Å²) in [5, 5.41) is 9.08. The summed E-state index contributed by atoms with van der Waals surface area (Å²) in [5.41, 5.74) is 0. The smallest absolute Gasteiger partial charge is 0.309 e. The first-order valence-electron chi connectivity index (χ1n) is 5.02. The highest BCUT2D eigenvalue weighted by Crippen LogP contribution is 2.32. The second kappa shape index (κ2) is 5.32. The zero-order valence-corrected chi connectivity index (χ0v) is 9.81. The Morgan fingerprint density at radius 1 is 1.69 bits per heavy atom. The van der Waals surface area contributed by atoms with Crippen LogP contribution in [0.1, 0.15) is 24.8 Å². The molecule has 2 rings (SSSR count). The van der Waals surface area contributed by atoms with Crippen LogP contribution in [0, 0.1) is 5.92 Å². The van der Waals surface area contributed by atoms with Gasteiger partial charge in [0, 0.05) is 26.0 Å². The number of carboxylic acid groups (broad SMARTS) is 1. The molecule has 5 nitrogen and oxygen atoms in total. The van der Waals surface area contributed by atoms with Crippen molar-refractivity contribution in [3.63, 3.8) is 0 Å². The zero-order chi connectivity index (χ0) is 10.8. The fourth-order valence-corrected chi connectivity index (χ4v) is 1.94. The lowest BCUT2D eigenvalue weighted by Gasteiger charge is -2.28. The van der Waals surface area contributed by atoms with Crippen molar-refractivity contribution in [1.82, 2.24) is 9.55 Å². The number of aromatic nitrogens is 2. The summed E-state index contributed by atoms with van der Waals surface area (Å²) >= 11 is 0. The van der Waals surface area contributed by atoms with Gasteiger partial charge in [0.15, 0.2) is 0 Å². The van der Waals surface area contributed by atoms with Crippen molar-refractivity contribution >= 4 is 18.4 Å². The van der Waals surface area contributed by atoms with Gasteiger partial charge >= 0.3 is 5.97 Å². The van der Waals surface area contributed by atoms with Crippen molar-refractivity contribution in [2.45, 2.75) is 18.9 Å².